The predicted octanol–water partition coefficient (Wildman–Crippen LogP) is 3.17. The number of hydrogen-bond donors (Lipinski definition) is 1. The lowest BCUT2D eigenvalue weighted by atomic mass is 10.0. The number of hydrogen-bond acceptors (Lipinski definition) is 3. The topological polar surface area (TPSA) is 44.5 Å². The first-order chi connectivity index (χ1) is 8.19. The fourth-order valence-electron chi connectivity index (χ4n) is 1.53. The summed E-state index contributed by atoms with van der Waals surface area (Å²) in [6, 6.07) is 5.57. The van der Waals surface area contributed by atoms with Gasteiger partial charge in [0.05, 0.1) is 12.1 Å². The third kappa shape index (κ3) is 4.54. The molecular weight excluding hydrogens is 238 g/mol. The molecule has 0 bridgehead atoms. The molecule has 4 heteroatoms. The van der Waals surface area contributed by atoms with Crippen LogP contribution in [-0.4, -0.2) is 20.3 Å². The van der Waals surface area contributed by atoms with Crippen molar-refractivity contribution in [1.82, 2.24) is 0 Å². The number of benzene rings is 1. The van der Waals surface area contributed by atoms with Gasteiger partial charge in [0.15, 0.2) is 0 Å². The molecule has 1 unspecified atom stereocenters. The van der Waals surface area contributed by atoms with Gasteiger partial charge in [0.25, 0.3) is 0 Å². The van der Waals surface area contributed by atoms with Crippen LogP contribution in [0.25, 0.3) is 0 Å². The molecule has 2 N–H and O–H groups in total. The lowest BCUT2D eigenvalue weighted by Gasteiger charge is -2.14. The molecule has 0 saturated carbocycles. The maximum Gasteiger partial charge on any atom is 0.137 e. The molecule has 0 aliphatic carbocycles. The summed E-state index contributed by atoms with van der Waals surface area (Å²) in [7, 11) is 1.60. The van der Waals surface area contributed by atoms with E-state index in [0.717, 1.165) is 25.0 Å². The number of methoxy groups -OCH3 is 1. The Morgan fingerprint density at radius 3 is 2.76 bits per heavy atom. The highest BCUT2D eigenvalue weighted by Gasteiger charge is 2.09. The van der Waals surface area contributed by atoms with Crippen LogP contribution < -0.4 is 10.5 Å². The van der Waals surface area contributed by atoms with E-state index in [1.165, 1.54) is 0 Å². The highest BCUT2D eigenvalue weighted by atomic mass is 35.5. The highest BCUT2D eigenvalue weighted by Crippen LogP contribution is 2.27. The molecule has 0 spiro atoms. The Balaban J connectivity index is 2.53. The van der Waals surface area contributed by atoms with Crippen LogP contribution in [0.4, 0.5) is 0 Å². The van der Waals surface area contributed by atoms with Gasteiger partial charge in [-0.2, -0.15) is 0 Å². The minimum absolute atomic E-state index is 0.0435. The molecule has 3 nitrogen and oxygen atoms in total. The molecule has 0 aromatic heterocycles. The quantitative estimate of drug-likeness (QED) is 0.763. The maximum absolute atomic E-state index is 6.07. The molecule has 0 heterocycles. The fraction of sp³-hybridized carbons (Fsp3) is 0.538. The van der Waals surface area contributed by atoms with E-state index in [9.17, 15) is 0 Å². The zero-order valence-electron chi connectivity index (χ0n) is 10.4. The first-order valence-electron chi connectivity index (χ1n) is 5.85. The van der Waals surface area contributed by atoms with E-state index in [4.69, 9.17) is 26.8 Å². The van der Waals surface area contributed by atoms with Crippen molar-refractivity contribution in [2.45, 2.75) is 25.8 Å². The van der Waals surface area contributed by atoms with Gasteiger partial charge in [0.2, 0.25) is 0 Å². The number of rotatable bonds is 7. The van der Waals surface area contributed by atoms with Gasteiger partial charge in [-0.15, -0.1) is 0 Å². The van der Waals surface area contributed by atoms with Crippen molar-refractivity contribution in [2.75, 3.05) is 20.3 Å². The van der Waals surface area contributed by atoms with Gasteiger partial charge in [-0.25, -0.2) is 0 Å². The van der Waals surface area contributed by atoms with Gasteiger partial charge in [0, 0.05) is 19.3 Å². The number of ether oxygens (including phenoxy) is 2. The molecule has 17 heavy (non-hydrogen) atoms. The summed E-state index contributed by atoms with van der Waals surface area (Å²) in [5.74, 6) is 0.661. The van der Waals surface area contributed by atoms with E-state index in [2.05, 4.69) is 6.92 Å². The SMILES string of the molecule is CCCOCCC(N)c1ccc(Cl)c(OC)c1. The van der Waals surface area contributed by atoms with E-state index in [-0.39, 0.29) is 6.04 Å². The average Bonchev–Trinajstić information content (AvgIpc) is 2.35. The summed E-state index contributed by atoms with van der Waals surface area (Å²) < 4.78 is 10.6. The summed E-state index contributed by atoms with van der Waals surface area (Å²) >= 11 is 5.96. The Bertz CT molecular complexity index is 344. The molecule has 1 atom stereocenters. The summed E-state index contributed by atoms with van der Waals surface area (Å²) in [6.07, 6.45) is 1.83. The molecule has 1 aromatic carbocycles. The van der Waals surface area contributed by atoms with E-state index < -0.39 is 0 Å². The van der Waals surface area contributed by atoms with E-state index in [0.29, 0.717) is 17.4 Å². The second-order valence-corrected chi connectivity index (χ2v) is 4.31. The van der Waals surface area contributed by atoms with Crippen molar-refractivity contribution in [3.63, 3.8) is 0 Å². The summed E-state index contributed by atoms with van der Waals surface area (Å²) in [5, 5.41) is 0.602. The van der Waals surface area contributed by atoms with E-state index in [1.54, 1.807) is 7.11 Å². The molecule has 96 valence electrons. The first kappa shape index (κ1) is 14.3. The van der Waals surface area contributed by atoms with Crippen molar-refractivity contribution in [2.24, 2.45) is 5.73 Å². The first-order valence-corrected chi connectivity index (χ1v) is 6.23. The minimum Gasteiger partial charge on any atom is -0.495 e. The normalized spacial score (nSPS) is 12.5. The Kier molecular flexibility index (Phi) is 6.34. The molecule has 0 fully saturated rings. The van der Waals surface area contributed by atoms with Gasteiger partial charge in [-0.3, -0.25) is 0 Å². The van der Waals surface area contributed by atoms with Crippen LogP contribution in [-0.2, 0) is 4.74 Å². The molecule has 0 aliphatic heterocycles. The Morgan fingerprint density at radius 2 is 2.12 bits per heavy atom. The standard InChI is InChI=1S/C13H20ClNO2/c1-3-7-17-8-6-12(15)10-4-5-11(14)13(9-10)16-2/h4-5,9,12H,3,6-8,15H2,1-2H3. The van der Waals surface area contributed by atoms with Crippen LogP contribution in [0.15, 0.2) is 18.2 Å². The summed E-state index contributed by atoms with van der Waals surface area (Å²) in [6.45, 7) is 3.56. The molecule has 0 saturated heterocycles. The fourth-order valence-corrected chi connectivity index (χ4v) is 1.73. The summed E-state index contributed by atoms with van der Waals surface area (Å²) in [4.78, 5) is 0. The van der Waals surface area contributed by atoms with Gasteiger partial charge >= 0.3 is 0 Å². The highest BCUT2D eigenvalue weighted by molar-refractivity contribution is 6.32. The van der Waals surface area contributed by atoms with Crippen LogP contribution in [0.1, 0.15) is 31.4 Å². The van der Waals surface area contributed by atoms with Crippen LogP contribution in [0, 0.1) is 0 Å². The minimum atomic E-state index is -0.0435. The van der Waals surface area contributed by atoms with Gasteiger partial charge in [-0.1, -0.05) is 24.6 Å². The van der Waals surface area contributed by atoms with Crippen molar-refractivity contribution < 1.29 is 9.47 Å². The third-order valence-corrected chi connectivity index (χ3v) is 2.84. The van der Waals surface area contributed by atoms with Crippen LogP contribution in [0.3, 0.4) is 0 Å². The van der Waals surface area contributed by atoms with Crippen LogP contribution in [0.5, 0.6) is 5.75 Å². The second-order valence-electron chi connectivity index (χ2n) is 3.90. The Hall–Kier alpha value is -0.770. The molecule has 1 aromatic rings. The average molecular weight is 258 g/mol. The lowest BCUT2D eigenvalue weighted by molar-refractivity contribution is 0.128. The molecule has 1 rings (SSSR count). The third-order valence-electron chi connectivity index (χ3n) is 2.52. The molecule has 0 amide bonds. The van der Waals surface area contributed by atoms with Crippen molar-refractivity contribution >= 4 is 11.6 Å². The van der Waals surface area contributed by atoms with Crippen molar-refractivity contribution in [3.05, 3.63) is 28.8 Å². The summed E-state index contributed by atoms with van der Waals surface area (Å²) in [5.41, 5.74) is 7.09. The Morgan fingerprint density at radius 1 is 1.35 bits per heavy atom. The maximum atomic E-state index is 6.07. The zero-order valence-corrected chi connectivity index (χ0v) is 11.2. The smallest absolute Gasteiger partial charge is 0.137 e. The predicted molar refractivity (Wildman–Crippen MR) is 70.7 cm³/mol. The van der Waals surface area contributed by atoms with Crippen molar-refractivity contribution in [1.29, 1.82) is 0 Å². The van der Waals surface area contributed by atoms with Crippen molar-refractivity contribution in [3.8, 4) is 5.75 Å². The monoisotopic (exact) mass is 257 g/mol. The van der Waals surface area contributed by atoms with E-state index in [1.807, 2.05) is 18.2 Å². The Labute approximate surface area is 108 Å². The van der Waals surface area contributed by atoms with E-state index >= 15 is 0 Å². The van der Waals surface area contributed by atoms with Gasteiger partial charge in [0.1, 0.15) is 5.75 Å². The van der Waals surface area contributed by atoms with Gasteiger partial charge in [-0.05, 0) is 30.5 Å². The lowest BCUT2D eigenvalue weighted by Crippen LogP contribution is -2.13. The second kappa shape index (κ2) is 7.54. The molecular formula is C13H20ClNO2. The van der Waals surface area contributed by atoms with Crippen LogP contribution in [0.2, 0.25) is 5.02 Å². The zero-order chi connectivity index (χ0) is 12.7. The number of nitrogens with two attached hydrogens (primary N) is 1. The van der Waals surface area contributed by atoms with Crippen LogP contribution >= 0.6 is 11.6 Å². The van der Waals surface area contributed by atoms with Gasteiger partial charge < -0.3 is 15.2 Å². The number of halogens is 1. The molecule has 0 radical (unpaired) electrons. The molecule has 0 aliphatic rings. The largest absolute Gasteiger partial charge is 0.495 e.